The van der Waals surface area contributed by atoms with Gasteiger partial charge >= 0.3 is 6.55 Å². The molecule has 1 saturated heterocycles. The van der Waals surface area contributed by atoms with Gasteiger partial charge in [0.05, 0.1) is 6.54 Å². The Labute approximate surface area is 81.3 Å². The number of hydrogen-bond donors (Lipinski definition) is 0. The van der Waals surface area contributed by atoms with Crippen LogP contribution in [0, 0.1) is 0 Å². The van der Waals surface area contributed by atoms with Gasteiger partial charge in [0.1, 0.15) is 5.82 Å². The molecule has 1 aromatic heterocycles. The zero-order chi connectivity index (χ0) is 9.97. The standard InChI is InChI=1S/C9H13F2N3/c10-9(11)14-6-3-12-8(14)7-13-4-1-2-5-13/h3,6,9H,1-2,4-5,7H2. The van der Waals surface area contributed by atoms with Crippen molar-refractivity contribution in [3.05, 3.63) is 18.2 Å². The molecular weight excluding hydrogens is 188 g/mol. The van der Waals surface area contributed by atoms with E-state index in [1.54, 1.807) is 0 Å². The van der Waals surface area contributed by atoms with Gasteiger partial charge in [0.15, 0.2) is 0 Å². The van der Waals surface area contributed by atoms with E-state index >= 15 is 0 Å². The van der Waals surface area contributed by atoms with Crippen molar-refractivity contribution in [2.24, 2.45) is 0 Å². The Kier molecular flexibility index (Phi) is 2.77. The molecule has 0 radical (unpaired) electrons. The van der Waals surface area contributed by atoms with E-state index in [0.29, 0.717) is 12.4 Å². The number of rotatable bonds is 3. The van der Waals surface area contributed by atoms with Crippen LogP contribution in [-0.4, -0.2) is 27.5 Å². The summed E-state index contributed by atoms with van der Waals surface area (Å²) in [6.07, 6.45) is 5.08. The van der Waals surface area contributed by atoms with Gasteiger partial charge in [-0.05, 0) is 25.9 Å². The molecule has 1 fully saturated rings. The Morgan fingerprint density at radius 1 is 1.36 bits per heavy atom. The van der Waals surface area contributed by atoms with Gasteiger partial charge in [-0.2, -0.15) is 8.78 Å². The van der Waals surface area contributed by atoms with E-state index in [1.807, 2.05) is 0 Å². The summed E-state index contributed by atoms with van der Waals surface area (Å²) in [6, 6.07) is 0. The van der Waals surface area contributed by atoms with Crippen LogP contribution in [0.1, 0.15) is 25.2 Å². The topological polar surface area (TPSA) is 21.1 Å². The fraction of sp³-hybridized carbons (Fsp3) is 0.667. The molecule has 0 unspecified atom stereocenters. The van der Waals surface area contributed by atoms with Crippen molar-refractivity contribution in [3.8, 4) is 0 Å². The van der Waals surface area contributed by atoms with E-state index in [0.717, 1.165) is 30.5 Å². The summed E-state index contributed by atoms with van der Waals surface area (Å²) in [5, 5.41) is 0. The second-order valence-corrected chi connectivity index (χ2v) is 3.51. The molecule has 1 aliphatic rings. The second-order valence-electron chi connectivity index (χ2n) is 3.51. The van der Waals surface area contributed by atoms with Crippen molar-refractivity contribution < 1.29 is 8.78 Å². The molecule has 0 aromatic carbocycles. The Morgan fingerprint density at radius 3 is 2.71 bits per heavy atom. The first-order valence-corrected chi connectivity index (χ1v) is 4.79. The van der Waals surface area contributed by atoms with Crippen LogP contribution in [0.3, 0.4) is 0 Å². The van der Waals surface area contributed by atoms with Gasteiger partial charge in [-0.3, -0.25) is 9.47 Å². The fourth-order valence-corrected chi connectivity index (χ4v) is 1.78. The van der Waals surface area contributed by atoms with Gasteiger partial charge in [-0.25, -0.2) is 4.98 Å². The van der Waals surface area contributed by atoms with Crippen LogP contribution in [0.5, 0.6) is 0 Å². The molecule has 5 heteroatoms. The molecule has 78 valence electrons. The molecule has 2 rings (SSSR count). The van der Waals surface area contributed by atoms with Gasteiger partial charge in [0, 0.05) is 12.4 Å². The van der Waals surface area contributed by atoms with Crippen molar-refractivity contribution >= 4 is 0 Å². The van der Waals surface area contributed by atoms with E-state index in [-0.39, 0.29) is 0 Å². The predicted molar refractivity (Wildman–Crippen MR) is 48.0 cm³/mol. The van der Waals surface area contributed by atoms with Crippen LogP contribution in [0.25, 0.3) is 0 Å². The van der Waals surface area contributed by atoms with E-state index in [9.17, 15) is 8.78 Å². The normalized spacial score (nSPS) is 18.2. The third kappa shape index (κ3) is 1.92. The first-order chi connectivity index (χ1) is 6.77. The SMILES string of the molecule is FC(F)n1ccnc1CN1CCCC1. The Balaban J connectivity index is 2.04. The summed E-state index contributed by atoms with van der Waals surface area (Å²) in [5.41, 5.74) is 0. The predicted octanol–water partition coefficient (Wildman–Crippen LogP) is 1.87. The minimum absolute atomic E-state index is 0.460. The Morgan fingerprint density at radius 2 is 2.07 bits per heavy atom. The highest BCUT2D eigenvalue weighted by Gasteiger charge is 2.17. The third-order valence-electron chi connectivity index (χ3n) is 2.52. The zero-order valence-corrected chi connectivity index (χ0v) is 7.87. The van der Waals surface area contributed by atoms with Crippen molar-refractivity contribution in [2.45, 2.75) is 25.9 Å². The van der Waals surface area contributed by atoms with Gasteiger partial charge < -0.3 is 0 Å². The van der Waals surface area contributed by atoms with Gasteiger partial charge in [-0.15, -0.1) is 0 Å². The van der Waals surface area contributed by atoms with Crippen LogP contribution < -0.4 is 0 Å². The maximum Gasteiger partial charge on any atom is 0.319 e. The third-order valence-corrected chi connectivity index (χ3v) is 2.52. The zero-order valence-electron chi connectivity index (χ0n) is 7.87. The highest BCUT2D eigenvalue weighted by molar-refractivity contribution is 4.93. The van der Waals surface area contributed by atoms with E-state index < -0.39 is 6.55 Å². The lowest BCUT2D eigenvalue weighted by Crippen LogP contribution is -2.21. The largest absolute Gasteiger partial charge is 0.319 e. The quantitative estimate of drug-likeness (QED) is 0.744. The van der Waals surface area contributed by atoms with Crippen molar-refractivity contribution in [2.75, 3.05) is 13.1 Å². The average molecular weight is 201 g/mol. The molecule has 0 atom stereocenters. The lowest BCUT2D eigenvalue weighted by atomic mass is 10.4. The summed E-state index contributed by atoms with van der Waals surface area (Å²) in [4.78, 5) is 6.10. The molecule has 0 N–H and O–H groups in total. The molecule has 0 amide bonds. The summed E-state index contributed by atoms with van der Waals surface area (Å²) in [6.45, 7) is 0.0545. The van der Waals surface area contributed by atoms with E-state index in [1.165, 1.54) is 12.4 Å². The summed E-state index contributed by atoms with van der Waals surface area (Å²) < 4.78 is 25.8. The summed E-state index contributed by atoms with van der Waals surface area (Å²) in [5.74, 6) is 0.460. The summed E-state index contributed by atoms with van der Waals surface area (Å²) >= 11 is 0. The number of alkyl halides is 2. The van der Waals surface area contributed by atoms with Gasteiger partial charge in [-0.1, -0.05) is 0 Å². The van der Waals surface area contributed by atoms with Crippen LogP contribution in [0.4, 0.5) is 8.78 Å². The number of aromatic nitrogens is 2. The molecule has 1 aromatic rings. The van der Waals surface area contributed by atoms with Crippen LogP contribution in [0.2, 0.25) is 0 Å². The van der Waals surface area contributed by atoms with Gasteiger partial charge in [0.2, 0.25) is 0 Å². The maximum absolute atomic E-state index is 12.4. The monoisotopic (exact) mass is 201 g/mol. The Hall–Kier alpha value is -0.970. The molecule has 1 aliphatic heterocycles. The Bertz CT molecular complexity index is 292. The molecule has 0 bridgehead atoms. The number of likely N-dealkylation sites (tertiary alicyclic amines) is 1. The molecule has 0 saturated carbocycles. The molecule has 2 heterocycles. The number of nitrogens with zero attached hydrogens (tertiary/aromatic N) is 3. The lowest BCUT2D eigenvalue weighted by molar-refractivity contribution is 0.0645. The first kappa shape index (κ1) is 9.58. The summed E-state index contributed by atoms with van der Waals surface area (Å²) in [7, 11) is 0. The van der Waals surface area contributed by atoms with Crippen molar-refractivity contribution in [1.82, 2.24) is 14.5 Å². The fourth-order valence-electron chi connectivity index (χ4n) is 1.78. The van der Waals surface area contributed by atoms with Crippen molar-refractivity contribution in [3.63, 3.8) is 0 Å². The smallest absolute Gasteiger partial charge is 0.296 e. The van der Waals surface area contributed by atoms with Crippen LogP contribution in [-0.2, 0) is 6.54 Å². The number of hydrogen-bond acceptors (Lipinski definition) is 2. The molecule has 3 nitrogen and oxygen atoms in total. The minimum Gasteiger partial charge on any atom is -0.296 e. The molecule has 14 heavy (non-hydrogen) atoms. The van der Waals surface area contributed by atoms with E-state index in [2.05, 4.69) is 9.88 Å². The molecular formula is C9H13F2N3. The lowest BCUT2D eigenvalue weighted by Gasteiger charge is -2.14. The first-order valence-electron chi connectivity index (χ1n) is 4.79. The number of halogens is 2. The van der Waals surface area contributed by atoms with E-state index in [4.69, 9.17) is 0 Å². The average Bonchev–Trinajstić information content (AvgIpc) is 2.75. The second kappa shape index (κ2) is 4.04. The van der Waals surface area contributed by atoms with Crippen LogP contribution in [0.15, 0.2) is 12.4 Å². The van der Waals surface area contributed by atoms with Crippen molar-refractivity contribution in [1.29, 1.82) is 0 Å². The molecule has 0 aliphatic carbocycles. The maximum atomic E-state index is 12.4. The highest BCUT2D eigenvalue weighted by atomic mass is 19.3. The molecule has 0 spiro atoms. The highest BCUT2D eigenvalue weighted by Crippen LogP contribution is 2.16. The van der Waals surface area contributed by atoms with Crippen LogP contribution >= 0.6 is 0 Å². The minimum atomic E-state index is -2.48. The van der Waals surface area contributed by atoms with Gasteiger partial charge in [0.25, 0.3) is 0 Å². The number of imidazole rings is 1.